The molecule has 3 heterocycles. The van der Waals surface area contributed by atoms with E-state index in [9.17, 15) is 4.79 Å². The van der Waals surface area contributed by atoms with Gasteiger partial charge in [0.15, 0.2) is 5.82 Å². The van der Waals surface area contributed by atoms with Crippen molar-refractivity contribution < 1.29 is 9.63 Å². The first kappa shape index (κ1) is 18.4. The molecule has 3 aromatic rings. The van der Waals surface area contributed by atoms with Crippen molar-refractivity contribution in [3.8, 4) is 5.69 Å². The second-order valence-electron chi connectivity index (χ2n) is 6.44. The van der Waals surface area contributed by atoms with Crippen LogP contribution in [0.1, 0.15) is 17.3 Å². The van der Waals surface area contributed by atoms with Gasteiger partial charge in [-0.05, 0) is 31.2 Å². The summed E-state index contributed by atoms with van der Waals surface area (Å²) in [6.07, 6.45) is 4.55. The smallest absolute Gasteiger partial charge is 0.256 e. The molecule has 28 heavy (non-hydrogen) atoms. The summed E-state index contributed by atoms with van der Waals surface area (Å²) < 4.78 is 0. The summed E-state index contributed by atoms with van der Waals surface area (Å²) >= 11 is 5.91. The lowest BCUT2D eigenvalue weighted by Crippen LogP contribution is -2.37. The van der Waals surface area contributed by atoms with Gasteiger partial charge in [0.1, 0.15) is 6.10 Å². The van der Waals surface area contributed by atoms with Gasteiger partial charge in [0.25, 0.3) is 5.91 Å². The van der Waals surface area contributed by atoms with E-state index in [1.54, 1.807) is 46.8 Å². The van der Waals surface area contributed by atoms with Gasteiger partial charge in [-0.2, -0.15) is 15.0 Å². The van der Waals surface area contributed by atoms with Crippen LogP contribution in [0.2, 0.25) is 5.02 Å². The summed E-state index contributed by atoms with van der Waals surface area (Å²) in [5.74, 6) is 0.570. The van der Waals surface area contributed by atoms with Gasteiger partial charge in [-0.15, -0.1) is 0 Å². The lowest BCUT2D eigenvalue weighted by molar-refractivity contribution is 0.0423. The average Bonchev–Trinajstić information content (AvgIpc) is 3.17. The zero-order chi connectivity index (χ0) is 19.5. The minimum Gasteiger partial charge on any atom is -0.334 e. The van der Waals surface area contributed by atoms with Crippen LogP contribution in [0.15, 0.2) is 55.0 Å². The lowest BCUT2D eigenvalue weighted by atomic mass is 10.1. The average molecular weight is 399 g/mol. The van der Waals surface area contributed by atoms with E-state index in [2.05, 4.69) is 15.2 Å². The molecular weight excluding hydrogens is 380 g/mol. The Morgan fingerprint density at radius 3 is 2.68 bits per heavy atom. The largest absolute Gasteiger partial charge is 0.334 e. The van der Waals surface area contributed by atoms with Gasteiger partial charge < -0.3 is 4.90 Å². The molecule has 8 nitrogen and oxygen atoms in total. The Kier molecular flexibility index (Phi) is 5.23. The van der Waals surface area contributed by atoms with E-state index in [4.69, 9.17) is 16.4 Å². The number of benzene rings is 1. The van der Waals surface area contributed by atoms with E-state index in [-0.39, 0.29) is 12.0 Å². The maximum Gasteiger partial charge on any atom is 0.256 e. The van der Waals surface area contributed by atoms with Crippen molar-refractivity contribution in [3.05, 3.63) is 65.6 Å². The molecule has 1 amide bonds. The van der Waals surface area contributed by atoms with Crippen LogP contribution in [0, 0.1) is 0 Å². The highest BCUT2D eigenvalue weighted by molar-refractivity contribution is 6.30. The minimum absolute atomic E-state index is 0.0886. The molecule has 1 aromatic carbocycles. The van der Waals surface area contributed by atoms with Crippen molar-refractivity contribution in [3.63, 3.8) is 0 Å². The molecule has 2 aromatic heterocycles. The van der Waals surface area contributed by atoms with Gasteiger partial charge in [0, 0.05) is 19.3 Å². The third kappa shape index (κ3) is 3.83. The molecule has 1 saturated heterocycles. The van der Waals surface area contributed by atoms with Crippen LogP contribution >= 0.6 is 11.6 Å². The molecule has 0 N–H and O–H groups in total. The second-order valence-corrected chi connectivity index (χ2v) is 6.88. The number of anilines is 1. The molecule has 0 saturated carbocycles. The number of carbonyl (C=O) groups is 1. The number of pyridine rings is 1. The summed E-state index contributed by atoms with van der Waals surface area (Å²) in [5, 5.41) is 10.6. The number of hydrogen-bond acceptors (Lipinski definition) is 6. The Morgan fingerprint density at radius 2 is 1.93 bits per heavy atom. The van der Waals surface area contributed by atoms with Gasteiger partial charge in [-0.25, -0.2) is 10.0 Å². The van der Waals surface area contributed by atoms with Crippen LogP contribution < -0.4 is 5.06 Å². The first-order valence-corrected chi connectivity index (χ1v) is 9.30. The van der Waals surface area contributed by atoms with E-state index in [1.807, 2.05) is 25.1 Å². The molecule has 1 atom stereocenters. The Morgan fingerprint density at radius 1 is 1.14 bits per heavy atom. The zero-order valence-electron chi connectivity index (χ0n) is 15.3. The molecule has 0 unspecified atom stereocenters. The number of carbonyl (C=O) groups excluding carboxylic acids is 1. The normalized spacial score (nSPS) is 17.4. The summed E-state index contributed by atoms with van der Waals surface area (Å²) in [4.78, 5) is 26.7. The van der Waals surface area contributed by atoms with Crippen LogP contribution in [-0.2, 0) is 4.84 Å². The molecule has 1 aliphatic rings. The molecule has 0 aliphatic carbocycles. The number of para-hydroxylation sites is 1. The maximum absolute atomic E-state index is 13.3. The Labute approximate surface area is 167 Å². The molecule has 4 rings (SSSR count). The van der Waals surface area contributed by atoms with Gasteiger partial charge >= 0.3 is 0 Å². The van der Waals surface area contributed by atoms with Crippen molar-refractivity contribution in [1.82, 2.24) is 24.9 Å². The summed E-state index contributed by atoms with van der Waals surface area (Å²) in [7, 11) is 0. The zero-order valence-corrected chi connectivity index (χ0v) is 16.0. The third-order valence-electron chi connectivity index (χ3n) is 4.38. The van der Waals surface area contributed by atoms with Crippen LogP contribution in [0.3, 0.4) is 0 Å². The topological polar surface area (TPSA) is 76.4 Å². The first-order chi connectivity index (χ1) is 13.6. The number of nitrogens with zero attached hydrogens (tertiary/aromatic N) is 6. The number of rotatable bonds is 3. The van der Waals surface area contributed by atoms with Crippen molar-refractivity contribution in [2.24, 2.45) is 0 Å². The van der Waals surface area contributed by atoms with Crippen molar-refractivity contribution in [2.45, 2.75) is 13.0 Å². The van der Waals surface area contributed by atoms with Crippen LogP contribution in [0.25, 0.3) is 5.69 Å². The van der Waals surface area contributed by atoms with E-state index in [0.29, 0.717) is 41.7 Å². The Bertz CT molecular complexity index is 947. The number of hydroxylamine groups is 1. The first-order valence-electron chi connectivity index (χ1n) is 8.92. The fourth-order valence-electron chi connectivity index (χ4n) is 3.12. The molecule has 144 valence electrons. The highest BCUT2D eigenvalue weighted by atomic mass is 35.5. The third-order valence-corrected chi connectivity index (χ3v) is 4.60. The van der Waals surface area contributed by atoms with Crippen molar-refractivity contribution in [2.75, 3.05) is 24.7 Å². The standard InChI is InChI=1S/C19H19ClN6O2/c1-14-13-24(10-11-25(28-14)18-7-6-15(20)12-21-18)19(27)16-4-2-3-5-17(16)26-22-8-9-23-26/h2-9,12,14H,10-11,13H2,1H3/t14-/m0/s1. The van der Waals surface area contributed by atoms with Gasteiger partial charge in [0.05, 0.1) is 35.2 Å². The molecule has 0 radical (unpaired) electrons. The van der Waals surface area contributed by atoms with Gasteiger partial charge in [0.2, 0.25) is 0 Å². The van der Waals surface area contributed by atoms with E-state index in [0.717, 1.165) is 0 Å². The predicted octanol–water partition coefficient (Wildman–Crippen LogP) is 2.60. The van der Waals surface area contributed by atoms with Crippen LogP contribution in [0.5, 0.6) is 0 Å². The summed E-state index contributed by atoms with van der Waals surface area (Å²) in [6, 6.07) is 10.9. The summed E-state index contributed by atoms with van der Waals surface area (Å²) in [6.45, 7) is 3.38. The van der Waals surface area contributed by atoms with Crippen molar-refractivity contribution in [1.29, 1.82) is 0 Å². The lowest BCUT2D eigenvalue weighted by Gasteiger charge is -2.22. The SMILES string of the molecule is C[C@H]1CN(C(=O)c2ccccc2-n2nccn2)CCN(c2ccc(Cl)cn2)O1. The highest BCUT2D eigenvalue weighted by Gasteiger charge is 2.27. The monoisotopic (exact) mass is 398 g/mol. The number of amides is 1. The van der Waals surface area contributed by atoms with Crippen molar-refractivity contribution >= 4 is 23.3 Å². The highest BCUT2D eigenvalue weighted by Crippen LogP contribution is 2.20. The quantitative estimate of drug-likeness (QED) is 0.675. The van der Waals surface area contributed by atoms with Gasteiger partial charge in [-0.3, -0.25) is 9.63 Å². The van der Waals surface area contributed by atoms with E-state index < -0.39 is 0 Å². The molecular formula is C19H19ClN6O2. The molecule has 9 heteroatoms. The molecule has 1 aliphatic heterocycles. The fraction of sp³-hybridized carbons (Fsp3) is 0.263. The molecule has 1 fully saturated rings. The van der Waals surface area contributed by atoms with Crippen LogP contribution in [0.4, 0.5) is 5.82 Å². The predicted molar refractivity (Wildman–Crippen MR) is 104 cm³/mol. The summed E-state index contributed by atoms with van der Waals surface area (Å²) in [5.41, 5.74) is 1.19. The minimum atomic E-state index is -0.195. The Balaban J connectivity index is 1.56. The number of halogens is 1. The fourth-order valence-corrected chi connectivity index (χ4v) is 3.24. The van der Waals surface area contributed by atoms with E-state index >= 15 is 0 Å². The van der Waals surface area contributed by atoms with Gasteiger partial charge in [-0.1, -0.05) is 23.7 Å². The Hall–Kier alpha value is -2.97. The number of aromatic nitrogens is 4. The number of hydrogen-bond donors (Lipinski definition) is 0. The van der Waals surface area contributed by atoms with E-state index in [1.165, 1.54) is 4.80 Å². The van der Waals surface area contributed by atoms with Crippen LogP contribution in [-0.4, -0.2) is 56.5 Å². The second kappa shape index (κ2) is 7.95. The molecule has 0 bridgehead atoms. The molecule has 0 spiro atoms. The maximum atomic E-state index is 13.3.